The van der Waals surface area contributed by atoms with E-state index < -0.39 is 21.3 Å². The first-order valence-corrected chi connectivity index (χ1v) is 10.1. The maximum Gasteiger partial charge on any atom is 0.297 e. The van der Waals surface area contributed by atoms with Crippen molar-refractivity contribution in [3.63, 3.8) is 0 Å². The quantitative estimate of drug-likeness (QED) is 0.590. The van der Waals surface area contributed by atoms with Gasteiger partial charge in [0.05, 0.1) is 30.1 Å². The van der Waals surface area contributed by atoms with Gasteiger partial charge in [-0.2, -0.15) is 8.42 Å². The molecule has 140 valence electrons. The van der Waals surface area contributed by atoms with Gasteiger partial charge in [0.25, 0.3) is 10.1 Å². The van der Waals surface area contributed by atoms with Gasteiger partial charge in [-0.15, -0.1) is 0 Å². The van der Waals surface area contributed by atoms with Crippen LogP contribution in [-0.2, 0) is 28.6 Å². The van der Waals surface area contributed by atoms with Gasteiger partial charge < -0.3 is 9.47 Å². The highest BCUT2D eigenvalue weighted by Crippen LogP contribution is 2.54. The first kappa shape index (κ1) is 17.9. The molecule has 0 aromatic heterocycles. The van der Waals surface area contributed by atoms with Crippen molar-refractivity contribution in [2.75, 3.05) is 19.8 Å². The lowest BCUT2D eigenvalue weighted by Crippen LogP contribution is -2.61. The van der Waals surface area contributed by atoms with Crippen molar-refractivity contribution in [2.24, 2.45) is 17.3 Å². The van der Waals surface area contributed by atoms with Crippen LogP contribution in [0.4, 0.5) is 0 Å². The second-order valence-electron chi connectivity index (χ2n) is 7.49. The fraction of sp³-hybridized carbons (Fsp3) is 0.526. The van der Waals surface area contributed by atoms with Crippen LogP contribution in [0.15, 0.2) is 41.3 Å². The molecule has 1 aromatic rings. The van der Waals surface area contributed by atoms with Gasteiger partial charge in [-0.05, 0) is 26.0 Å². The number of rotatable bonds is 4. The van der Waals surface area contributed by atoms with Crippen molar-refractivity contribution in [1.29, 1.82) is 0 Å². The van der Waals surface area contributed by atoms with Gasteiger partial charge in [0, 0.05) is 18.3 Å². The number of hydrogen-bond acceptors (Lipinski definition) is 6. The van der Waals surface area contributed by atoms with Gasteiger partial charge in [-0.1, -0.05) is 29.8 Å². The van der Waals surface area contributed by atoms with Gasteiger partial charge in [0.15, 0.2) is 5.79 Å². The first-order valence-electron chi connectivity index (χ1n) is 8.74. The number of ether oxygens (including phenoxy) is 2. The minimum absolute atomic E-state index is 0.0196. The van der Waals surface area contributed by atoms with Gasteiger partial charge >= 0.3 is 0 Å². The minimum Gasteiger partial charge on any atom is -0.347 e. The van der Waals surface area contributed by atoms with Crippen molar-refractivity contribution in [3.8, 4) is 0 Å². The number of carbonyl (C=O) groups is 1. The first-order chi connectivity index (χ1) is 12.3. The Morgan fingerprint density at radius 1 is 1.15 bits per heavy atom. The molecule has 5 rings (SSSR count). The van der Waals surface area contributed by atoms with Crippen LogP contribution >= 0.6 is 0 Å². The summed E-state index contributed by atoms with van der Waals surface area (Å²) in [5.74, 6) is -1.58. The Labute approximate surface area is 153 Å². The highest BCUT2D eigenvalue weighted by atomic mass is 32.2. The maximum absolute atomic E-state index is 12.9. The third kappa shape index (κ3) is 2.65. The number of fused-ring (bicyclic) bond motifs is 1. The molecule has 1 aromatic carbocycles. The monoisotopic (exact) mass is 378 g/mol. The van der Waals surface area contributed by atoms with Crippen LogP contribution in [-0.4, -0.2) is 39.8 Å². The molecule has 2 fully saturated rings. The molecule has 3 aliphatic carbocycles. The van der Waals surface area contributed by atoms with Crippen molar-refractivity contribution in [1.82, 2.24) is 0 Å². The molecule has 3 atom stereocenters. The fourth-order valence-electron chi connectivity index (χ4n) is 4.25. The number of Topliss-reactive ketones (excluding diaryl/α,β-unsaturated/α-hetero) is 1. The molecule has 1 spiro atoms. The predicted molar refractivity (Wildman–Crippen MR) is 92.8 cm³/mol. The summed E-state index contributed by atoms with van der Waals surface area (Å²) in [5, 5.41) is 0. The van der Waals surface area contributed by atoms with Gasteiger partial charge in [-0.25, -0.2) is 0 Å². The molecule has 1 saturated heterocycles. The Balaban J connectivity index is 1.59. The van der Waals surface area contributed by atoms with Crippen molar-refractivity contribution >= 4 is 15.9 Å². The van der Waals surface area contributed by atoms with Crippen molar-refractivity contribution in [3.05, 3.63) is 42.0 Å². The molecule has 1 saturated carbocycles. The highest BCUT2D eigenvalue weighted by molar-refractivity contribution is 7.86. The van der Waals surface area contributed by atoms with E-state index in [1.807, 2.05) is 19.1 Å². The molecule has 0 amide bonds. The average Bonchev–Trinajstić information content (AvgIpc) is 3.06. The zero-order valence-electron chi connectivity index (χ0n) is 14.8. The van der Waals surface area contributed by atoms with E-state index in [0.29, 0.717) is 19.6 Å². The van der Waals surface area contributed by atoms with Crippen LogP contribution < -0.4 is 0 Å². The third-order valence-corrected chi connectivity index (χ3v) is 6.98. The molecule has 1 aliphatic heterocycles. The molecule has 0 radical (unpaired) electrons. The number of hydrogen-bond donors (Lipinski definition) is 0. The van der Waals surface area contributed by atoms with Crippen LogP contribution in [0.1, 0.15) is 18.9 Å². The summed E-state index contributed by atoms with van der Waals surface area (Å²) >= 11 is 0. The van der Waals surface area contributed by atoms with E-state index in [1.165, 1.54) is 12.1 Å². The number of aryl methyl sites for hydroxylation is 1. The van der Waals surface area contributed by atoms with Crippen molar-refractivity contribution < 1.29 is 26.9 Å². The van der Waals surface area contributed by atoms with E-state index in [0.717, 1.165) is 5.56 Å². The average molecular weight is 378 g/mol. The van der Waals surface area contributed by atoms with Gasteiger partial charge in [-0.3, -0.25) is 8.98 Å². The van der Waals surface area contributed by atoms with E-state index in [-0.39, 0.29) is 29.1 Å². The number of benzene rings is 1. The second kappa shape index (κ2) is 5.99. The largest absolute Gasteiger partial charge is 0.347 e. The normalized spacial score (nSPS) is 32.5. The Hall–Kier alpha value is -1.54. The zero-order chi connectivity index (χ0) is 18.6. The number of ketones is 1. The fourth-order valence-corrected chi connectivity index (χ4v) is 5.26. The molecular formula is C19H22O6S. The Bertz CT molecular complexity index is 851. The third-order valence-electron chi connectivity index (χ3n) is 5.70. The lowest BCUT2D eigenvalue weighted by molar-refractivity contribution is -0.237. The maximum atomic E-state index is 12.9. The molecule has 4 aliphatic rings. The number of carbonyl (C=O) groups excluding carboxylic acids is 1. The second-order valence-corrected chi connectivity index (χ2v) is 9.11. The topological polar surface area (TPSA) is 78.9 Å². The zero-order valence-corrected chi connectivity index (χ0v) is 15.6. The van der Waals surface area contributed by atoms with Crippen molar-refractivity contribution in [2.45, 2.75) is 31.0 Å². The Morgan fingerprint density at radius 2 is 1.81 bits per heavy atom. The highest BCUT2D eigenvalue weighted by Gasteiger charge is 2.63. The molecule has 0 N–H and O–H groups in total. The molecule has 26 heavy (non-hydrogen) atoms. The summed E-state index contributed by atoms with van der Waals surface area (Å²) in [4.78, 5) is 13.0. The number of allylic oxidation sites excluding steroid dienone is 1. The van der Waals surface area contributed by atoms with E-state index in [1.54, 1.807) is 19.1 Å². The molecule has 1 heterocycles. The Kier molecular flexibility index (Phi) is 4.11. The summed E-state index contributed by atoms with van der Waals surface area (Å²) in [6.45, 7) is 4.34. The van der Waals surface area contributed by atoms with Crippen LogP contribution in [0.3, 0.4) is 0 Å². The van der Waals surface area contributed by atoms with E-state index in [4.69, 9.17) is 13.7 Å². The van der Waals surface area contributed by atoms with Crippen LogP contribution in [0, 0.1) is 24.2 Å². The summed E-state index contributed by atoms with van der Waals surface area (Å²) < 4.78 is 42.1. The Morgan fingerprint density at radius 3 is 2.46 bits per heavy atom. The molecule has 3 unspecified atom stereocenters. The summed E-state index contributed by atoms with van der Waals surface area (Å²) in [5.41, 5.74) is -0.0574. The molecule has 7 heteroatoms. The lowest BCUT2D eigenvalue weighted by atomic mass is 9.57. The lowest BCUT2D eigenvalue weighted by Gasteiger charge is -2.52. The molecule has 6 nitrogen and oxygen atoms in total. The molecule has 2 bridgehead atoms. The van der Waals surface area contributed by atoms with Gasteiger partial charge in [0.1, 0.15) is 5.78 Å². The van der Waals surface area contributed by atoms with E-state index in [9.17, 15) is 13.2 Å². The smallest absolute Gasteiger partial charge is 0.297 e. The van der Waals surface area contributed by atoms with Gasteiger partial charge in [0.2, 0.25) is 0 Å². The van der Waals surface area contributed by atoms with E-state index >= 15 is 0 Å². The van der Waals surface area contributed by atoms with Crippen LogP contribution in [0.5, 0.6) is 0 Å². The molecular weight excluding hydrogens is 356 g/mol. The standard InChI is InChI=1S/C19H22O6S/c1-13-3-6-15(7-4-13)26(21,22)25-12-18(2)16-8-5-14(17(18)20)11-19(16)23-9-10-24-19/h3-8,14,16H,9-12H2,1-2H3. The van der Waals surface area contributed by atoms with Crippen LogP contribution in [0.2, 0.25) is 0 Å². The minimum atomic E-state index is -3.95. The summed E-state index contributed by atoms with van der Waals surface area (Å²) in [6, 6.07) is 6.44. The van der Waals surface area contributed by atoms with Crippen LogP contribution in [0.25, 0.3) is 0 Å². The SMILES string of the molecule is Cc1ccc(S(=O)(=O)OCC2(C)C(=O)C3C=CC2C2(C3)OCCO2)cc1. The summed E-state index contributed by atoms with van der Waals surface area (Å²) in [6.07, 6.45) is 4.27. The van der Waals surface area contributed by atoms with E-state index in [2.05, 4.69) is 0 Å². The predicted octanol–water partition coefficient (Wildman–Crippen LogP) is 2.22. The summed E-state index contributed by atoms with van der Waals surface area (Å²) in [7, 11) is -3.95.